The van der Waals surface area contributed by atoms with E-state index in [0.29, 0.717) is 5.41 Å². The molecule has 0 heterocycles. The molecule has 29 heavy (non-hydrogen) atoms. The minimum atomic E-state index is -0.535. The molecule has 3 fully saturated rings. The summed E-state index contributed by atoms with van der Waals surface area (Å²) >= 11 is 0. The smallest absolute Gasteiger partial charge is 0.0591 e. The maximum atomic E-state index is 10.0. The first-order chi connectivity index (χ1) is 13.6. The van der Waals surface area contributed by atoms with E-state index in [1.807, 2.05) is 13.8 Å². The van der Waals surface area contributed by atoms with Gasteiger partial charge in [0, 0.05) is 0 Å². The van der Waals surface area contributed by atoms with Crippen LogP contribution in [0.25, 0.3) is 0 Å². The number of allylic oxidation sites excluding steroid dienone is 4. The zero-order valence-corrected chi connectivity index (χ0v) is 19.3. The number of aliphatic hydroxyl groups excluding tert-OH is 1. The van der Waals surface area contributed by atoms with Crippen molar-refractivity contribution in [2.45, 2.75) is 110 Å². The summed E-state index contributed by atoms with van der Waals surface area (Å²) in [5.41, 5.74) is 4.02. The minimum absolute atomic E-state index is 0.192. The molecular weight excluding hydrogens is 359 g/mol. The summed E-state index contributed by atoms with van der Waals surface area (Å²) in [5, 5.41) is 20.1. The van der Waals surface area contributed by atoms with Crippen molar-refractivity contribution in [2.24, 2.45) is 23.2 Å². The average Bonchev–Trinajstić information content (AvgIpc) is 2.99. The van der Waals surface area contributed by atoms with E-state index in [1.165, 1.54) is 49.7 Å². The molecule has 0 radical (unpaired) electrons. The molecule has 0 aromatic rings. The minimum Gasteiger partial charge on any atom is -0.393 e. The SMILES string of the molecule is C[C@H](CCCC(C)(C)O)[C@H]1CC[C@H]2/C(=[13CH]/C=C3\C[C@@H](O)CCC3=[13CH2])[13CH2]CC[C@]12C. The maximum absolute atomic E-state index is 10.0. The van der Waals surface area contributed by atoms with Crippen molar-refractivity contribution in [3.8, 4) is 0 Å². The maximum Gasteiger partial charge on any atom is 0.0591 e. The van der Waals surface area contributed by atoms with E-state index in [9.17, 15) is 10.2 Å². The fraction of sp³-hybridized carbons (Fsp3) is 0.778. The molecule has 2 nitrogen and oxygen atoms in total. The van der Waals surface area contributed by atoms with Crippen molar-refractivity contribution in [1.82, 2.24) is 0 Å². The first kappa shape index (κ1) is 22.8. The third-order valence-corrected chi connectivity index (χ3v) is 8.36. The van der Waals surface area contributed by atoms with E-state index in [-0.39, 0.29) is 6.10 Å². The summed E-state index contributed by atoms with van der Waals surface area (Å²) in [7, 11) is 0. The second-order valence-electron chi connectivity index (χ2n) is 11.2. The molecule has 0 aromatic heterocycles. The van der Waals surface area contributed by atoms with Crippen molar-refractivity contribution < 1.29 is 10.2 Å². The summed E-state index contributed by atoms with van der Waals surface area (Å²) in [5.74, 6) is 2.26. The lowest BCUT2D eigenvalue weighted by atomic mass is 9.63. The van der Waals surface area contributed by atoms with Gasteiger partial charge in [0.15, 0.2) is 0 Å². The molecular formula is C27H44O2. The fourth-order valence-corrected chi connectivity index (χ4v) is 6.67. The van der Waals surface area contributed by atoms with E-state index < -0.39 is 5.60 Å². The molecule has 3 aliphatic carbocycles. The van der Waals surface area contributed by atoms with Gasteiger partial charge in [-0.05, 0) is 100 Å². The number of hydrogen-bond donors (Lipinski definition) is 2. The van der Waals surface area contributed by atoms with Crippen LogP contribution < -0.4 is 0 Å². The zero-order valence-electron chi connectivity index (χ0n) is 19.3. The zero-order chi connectivity index (χ0) is 21.2. The van der Waals surface area contributed by atoms with Crippen LogP contribution in [0.2, 0.25) is 0 Å². The molecule has 0 aromatic carbocycles. The van der Waals surface area contributed by atoms with Crippen molar-refractivity contribution in [1.29, 1.82) is 0 Å². The van der Waals surface area contributed by atoms with Gasteiger partial charge in [0.1, 0.15) is 0 Å². The molecule has 2 N–H and O–H groups in total. The molecule has 0 spiro atoms. The average molecular weight is 404 g/mol. The van der Waals surface area contributed by atoms with Crippen molar-refractivity contribution >= 4 is 0 Å². The highest BCUT2D eigenvalue weighted by molar-refractivity contribution is 5.36. The van der Waals surface area contributed by atoms with Crippen LogP contribution in [0.15, 0.2) is 35.5 Å². The highest BCUT2D eigenvalue weighted by Crippen LogP contribution is 2.60. The van der Waals surface area contributed by atoms with Crippen LogP contribution >= 0.6 is 0 Å². The van der Waals surface area contributed by atoms with Crippen LogP contribution in [-0.4, -0.2) is 21.9 Å². The van der Waals surface area contributed by atoms with Gasteiger partial charge >= 0.3 is 0 Å². The van der Waals surface area contributed by atoms with Crippen LogP contribution in [0.5, 0.6) is 0 Å². The lowest BCUT2D eigenvalue weighted by Gasteiger charge is -2.44. The van der Waals surface area contributed by atoms with E-state index in [4.69, 9.17) is 0 Å². The largest absolute Gasteiger partial charge is 0.393 e. The molecule has 3 rings (SSSR count). The van der Waals surface area contributed by atoms with Gasteiger partial charge in [-0.1, -0.05) is 56.6 Å². The first-order valence-electron chi connectivity index (χ1n) is 12.1. The highest BCUT2D eigenvalue weighted by atomic mass is 16.3. The van der Waals surface area contributed by atoms with Gasteiger partial charge in [0.05, 0.1) is 11.7 Å². The number of aliphatic hydroxyl groups is 2. The van der Waals surface area contributed by atoms with Gasteiger partial charge in [0.25, 0.3) is 0 Å². The van der Waals surface area contributed by atoms with E-state index >= 15 is 0 Å². The Morgan fingerprint density at radius 2 is 1.97 bits per heavy atom. The lowest BCUT2D eigenvalue weighted by molar-refractivity contribution is 0.0596. The Hall–Kier alpha value is -0.860. The fourth-order valence-electron chi connectivity index (χ4n) is 6.67. The number of hydrogen-bond acceptors (Lipinski definition) is 2. The molecule has 0 bridgehead atoms. The summed E-state index contributed by atoms with van der Waals surface area (Å²) in [4.78, 5) is 0. The van der Waals surface area contributed by atoms with Gasteiger partial charge < -0.3 is 10.2 Å². The Bertz CT molecular complexity index is 650. The second kappa shape index (κ2) is 9.10. The molecule has 0 aliphatic heterocycles. The Morgan fingerprint density at radius 1 is 1.21 bits per heavy atom. The van der Waals surface area contributed by atoms with Crippen LogP contribution in [0.1, 0.15) is 98.3 Å². The Kier molecular flexibility index (Phi) is 7.16. The molecule has 0 unspecified atom stereocenters. The number of rotatable bonds is 6. The predicted octanol–water partition coefficient (Wildman–Crippen LogP) is 6.73. The Morgan fingerprint density at radius 3 is 2.69 bits per heavy atom. The van der Waals surface area contributed by atoms with E-state index in [2.05, 4.69) is 32.6 Å². The van der Waals surface area contributed by atoms with Gasteiger partial charge in [-0.15, -0.1) is 0 Å². The monoisotopic (exact) mass is 403 g/mol. The van der Waals surface area contributed by atoms with Gasteiger partial charge in [0.2, 0.25) is 0 Å². The highest BCUT2D eigenvalue weighted by Gasteiger charge is 2.50. The van der Waals surface area contributed by atoms with Gasteiger partial charge in [-0.2, -0.15) is 0 Å². The molecule has 164 valence electrons. The van der Waals surface area contributed by atoms with Gasteiger partial charge in [-0.3, -0.25) is 0 Å². The molecule has 5 atom stereocenters. The van der Waals surface area contributed by atoms with Crippen molar-refractivity contribution in [2.75, 3.05) is 0 Å². The molecule has 0 amide bonds. The standard InChI is InChI=1S/C27H44O2/c1-19-10-13-23(28)18-22(19)12-11-21-9-7-17-27(5)24(14-15-25(21)27)20(2)8-6-16-26(3,4)29/h11-12,20,23-25,28-29H,1,6-10,13-18H2,2-5H3/b21-11+,22-12+/t20-,23+,24-,25+,27-/m1/s1/i1+1,9+1,11+1. The molecule has 3 saturated carbocycles. The van der Waals surface area contributed by atoms with E-state index in [1.54, 1.807) is 5.57 Å². The third-order valence-electron chi connectivity index (χ3n) is 8.36. The predicted molar refractivity (Wildman–Crippen MR) is 123 cm³/mol. The van der Waals surface area contributed by atoms with Crippen LogP contribution in [0.4, 0.5) is 0 Å². The lowest BCUT2D eigenvalue weighted by Crippen LogP contribution is -2.36. The Labute approximate surface area is 179 Å². The third kappa shape index (κ3) is 5.44. The van der Waals surface area contributed by atoms with Crippen molar-refractivity contribution in [3.05, 3.63) is 35.5 Å². The van der Waals surface area contributed by atoms with Crippen LogP contribution in [0.3, 0.4) is 0 Å². The van der Waals surface area contributed by atoms with Crippen molar-refractivity contribution in [3.63, 3.8) is 0 Å². The normalized spacial score (nSPS) is 37.2. The summed E-state index contributed by atoms with van der Waals surface area (Å²) in [6.45, 7) is 13.1. The summed E-state index contributed by atoms with van der Waals surface area (Å²) in [6, 6.07) is 0. The molecule has 2 heteroatoms. The van der Waals surface area contributed by atoms with Crippen LogP contribution in [0, 0.1) is 23.2 Å². The number of fused-ring (bicyclic) bond motifs is 1. The first-order valence-corrected chi connectivity index (χ1v) is 12.1. The molecule has 3 aliphatic rings. The summed E-state index contributed by atoms with van der Waals surface area (Å²) in [6.07, 6.45) is 16.9. The second-order valence-corrected chi connectivity index (χ2v) is 11.2. The van der Waals surface area contributed by atoms with Crippen LogP contribution in [-0.2, 0) is 0 Å². The Balaban J connectivity index is 1.68. The van der Waals surface area contributed by atoms with E-state index in [0.717, 1.165) is 49.9 Å². The van der Waals surface area contributed by atoms with Gasteiger partial charge in [-0.25, -0.2) is 0 Å². The summed E-state index contributed by atoms with van der Waals surface area (Å²) < 4.78 is 0. The molecule has 0 saturated heterocycles. The topological polar surface area (TPSA) is 40.5 Å². The quantitative estimate of drug-likeness (QED) is 0.482.